The molecule has 10 heteroatoms. The first kappa shape index (κ1) is 20.2. The second kappa shape index (κ2) is 7.97. The van der Waals surface area contributed by atoms with Gasteiger partial charge in [-0.1, -0.05) is 35.3 Å². The first-order chi connectivity index (χ1) is 14.3. The standard InChI is InChI=1S/C20H14Cl2FN3O4/c21-11-3-1-10(2-4-11)18-17-15(9-30-19(17)28)26(20(29)25-18)8-16(27)24-14-6-5-12(22)7-13(14)23/h1-7,18H,8-9H2,(H,24,27)(H,25,29)/t18-/m0/s1. The summed E-state index contributed by atoms with van der Waals surface area (Å²) >= 11 is 11.6. The highest BCUT2D eigenvalue weighted by molar-refractivity contribution is 6.30. The van der Waals surface area contributed by atoms with E-state index in [9.17, 15) is 18.8 Å². The van der Waals surface area contributed by atoms with E-state index in [-0.39, 0.29) is 28.6 Å². The minimum absolute atomic E-state index is 0.0752. The molecule has 7 nitrogen and oxygen atoms in total. The van der Waals surface area contributed by atoms with Gasteiger partial charge >= 0.3 is 12.0 Å². The van der Waals surface area contributed by atoms with Crippen LogP contribution < -0.4 is 10.6 Å². The van der Waals surface area contributed by atoms with Gasteiger partial charge in [0.15, 0.2) is 0 Å². The summed E-state index contributed by atoms with van der Waals surface area (Å²) in [5.41, 5.74) is 1.10. The van der Waals surface area contributed by atoms with Crippen LogP contribution in [0.5, 0.6) is 0 Å². The first-order valence-electron chi connectivity index (χ1n) is 8.82. The number of ether oxygens (including phenoxy) is 1. The molecule has 1 atom stereocenters. The lowest BCUT2D eigenvalue weighted by molar-refractivity contribution is -0.136. The average molecular weight is 450 g/mol. The molecular formula is C20H14Cl2FN3O4. The minimum Gasteiger partial charge on any atom is -0.456 e. The Bertz CT molecular complexity index is 1090. The number of hydrogen-bond acceptors (Lipinski definition) is 4. The number of nitrogens with one attached hydrogen (secondary N) is 2. The highest BCUT2D eigenvalue weighted by Crippen LogP contribution is 2.35. The normalized spacial score (nSPS) is 18.1. The predicted octanol–water partition coefficient (Wildman–Crippen LogP) is 3.65. The number of carbonyl (C=O) groups excluding carboxylic acids is 3. The highest BCUT2D eigenvalue weighted by atomic mass is 35.5. The second-order valence-electron chi connectivity index (χ2n) is 6.63. The molecule has 0 saturated heterocycles. The summed E-state index contributed by atoms with van der Waals surface area (Å²) in [7, 11) is 0. The molecular weight excluding hydrogens is 436 g/mol. The van der Waals surface area contributed by atoms with Crippen LogP contribution in [0.15, 0.2) is 53.7 Å². The molecule has 0 fully saturated rings. The quantitative estimate of drug-likeness (QED) is 0.697. The highest BCUT2D eigenvalue weighted by Gasteiger charge is 2.42. The van der Waals surface area contributed by atoms with Crippen molar-refractivity contribution >= 4 is 46.8 Å². The fourth-order valence-corrected chi connectivity index (χ4v) is 3.59. The number of hydrogen-bond donors (Lipinski definition) is 2. The van der Waals surface area contributed by atoms with Gasteiger partial charge in [0.25, 0.3) is 0 Å². The Hall–Kier alpha value is -3.10. The molecule has 2 aromatic rings. The number of cyclic esters (lactones) is 1. The van der Waals surface area contributed by atoms with Gasteiger partial charge in [0.1, 0.15) is 19.0 Å². The van der Waals surface area contributed by atoms with Crippen LogP contribution in [0.3, 0.4) is 0 Å². The van der Waals surface area contributed by atoms with Crippen molar-refractivity contribution in [1.29, 1.82) is 0 Å². The fraction of sp³-hybridized carbons (Fsp3) is 0.150. The lowest BCUT2D eigenvalue weighted by atomic mass is 9.96. The maximum absolute atomic E-state index is 13.9. The monoisotopic (exact) mass is 449 g/mol. The Morgan fingerprint density at radius 1 is 1.17 bits per heavy atom. The number of halogens is 3. The summed E-state index contributed by atoms with van der Waals surface area (Å²) in [5.74, 6) is -1.94. The van der Waals surface area contributed by atoms with Crippen LogP contribution in [0.25, 0.3) is 0 Å². The van der Waals surface area contributed by atoms with Gasteiger partial charge in [0, 0.05) is 10.0 Å². The third kappa shape index (κ3) is 3.83. The van der Waals surface area contributed by atoms with Crippen molar-refractivity contribution in [2.24, 2.45) is 0 Å². The van der Waals surface area contributed by atoms with E-state index in [4.69, 9.17) is 27.9 Å². The lowest BCUT2D eigenvalue weighted by Gasteiger charge is -2.32. The summed E-state index contributed by atoms with van der Waals surface area (Å²) < 4.78 is 19.0. The summed E-state index contributed by atoms with van der Waals surface area (Å²) in [5, 5.41) is 5.79. The van der Waals surface area contributed by atoms with Crippen molar-refractivity contribution in [3.63, 3.8) is 0 Å². The summed E-state index contributed by atoms with van der Waals surface area (Å²) in [6, 6.07) is 9.15. The molecule has 30 heavy (non-hydrogen) atoms. The number of carbonyl (C=O) groups is 3. The van der Waals surface area contributed by atoms with Crippen molar-refractivity contribution < 1.29 is 23.5 Å². The van der Waals surface area contributed by atoms with E-state index in [1.807, 2.05) is 0 Å². The van der Waals surface area contributed by atoms with E-state index in [1.54, 1.807) is 24.3 Å². The maximum Gasteiger partial charge on any atom is 0.338 e. The Morgan fingerprint density at radius 2 is 1.87 bits per heavy atom. The van der Waals surface area contributed by atoms with Crippen molar-refractivity contribution in [1.82, 2.24) is 10.2 Å². The van der Waals surface area contributed by atoms with Crippen LogP contribution >= 0.6 is 23.2 Å². The first-order valence-corrected chi connectivity index (χ1v) is 9.57. The van der Waals surface area contributed by atoms with Crippen molar-refractivity contribution in [3.05, 3.63) is 75.2 Å². The Kier molecular flexibility index (Phi) is 5.36. The number of rotatable bonds is 4. The van der Waals surface area contributed by atoms with Crippen molar-refractivity contribution in [2.75, 3.05) is 18.5 Å². The third-order valence-corrected chi connectivity index (χ3v) is 5.20. The van der Waals surface area contributed by atoms with Crippen LogP contribution in [0.2, 0.25) is 10.0 Å². The molecule has 3 amide bonds. The second-order valence-corrected chi connectivity index (χ2v) is 7.50. The van der Waals surface area contributed by atoms with E-state index in [0.29, 0.717) is 10.6 Å². The largest absolute Gasteiger partial charge is 0.456 e. The van der Waals surface area contributed by atoms with E-state index in [0.717, 1.165) is 11.0 Å². The SMILES string of the molecule is O=C(CN1C(=O)N[C@@H](c2ccc(Cl)cc2)C2=C1COC2=O)Nc1ccc(Cl)cc1F. The number of nitrogens with zero attached hydrogens (tertiary/aromatic N) is 1. The molecule has 0 spiro atoms. The molecule has 0 aromatic heterocycles. The smallest absolute Gasteiger partial charge is 0.338 e. The Morgan fingerprint density at radius 3 is 2.57 bits per heavy atom. The molecule has 0 saturated carbocycles. The molecule has 2 aliphatic heterocycles. The number of benzene rings is 2. The van der Waals surface area contributed by atoms with Crippen LogP contribution in [-0.2, 0) is 14.3 Å². The molecule has 2 N–H and O–H groups in total. The maximum atomic E-state index is 13.9. The Labute approximate surface area is 180 Å². The zero-order valence-corrected chi connectivity index (χ0v) is 16.8. The van der Waals surface area contributed by atoms with Gasteiger partial charge in [-0.25, -0.2) is 14.0 Å². The van der Waals surface area contributed by atoms with Crippen LogP contribution in [-0.4, -0.2) is 36.0 Å². The summed E-state index contributed by atoms with van der Waals surface area (Å²) in [6.07, 6.45) is 0. The molecule has 0 aliphatic carbocycles. The van der Waals surface area contributed by atoms with E-state index >= 15 is 0 Å². The van der Waals surface area contributed by atoms with Crippen molar-refractivity contribution in [2.45, 2.75) is 6.04 Å². The summed E-state index contributed by atoms with van der Waals surface area (Å²) in [4.78, 5) is 38.6. The van der Waals surface area contributed by atoms with Crippen LogP contribution in [0.4, 0.5) is 14.9 Å². The molecule has 2 heterocycles. The number of esters is 1. The average Bonchev–Trinajstić information content (AvgIpc) is 3.08. The number of urea groups is 1. The minimum atomic E-state index is -0.729. The van der Waals surface area contributed by atoms with E-state index in [1.165, 1.54) is 12.1 Å². The van der Waals surface area contributed by atoms with Gasteiger partial charge < -0.3 is 15.4 Å². The molecule has 154 valence electrons. The van der Waals surface area contributed by atoms with Gasteiger partial charge in [-0.2, -0.15) is 0 Å². The van der Waals surface area contributed by atoms with Gasteiger partial charge in [0.2, 0.25) is 5.91 Å². The number of anilines is 1. The third-order valence-electron chi connectivity index (χ3n) is 4.71. The molecule has 2 aliphatic rings. The van der Waals surface area contributed by atoms with Gasteiger partial charge in [-0.15, -0.1) is 0 Å². The predicted molar refractivity (Wildman–Crippen MR) is 107 cm³/mol. The lowest BCUT2D eigenvalue weighted by Crippen LogP contribution is -2.49. The van der Waals surface area contributed by atoms with Crippen LogP contribution in [0, 0.1) is 5.82 Å². The molecule has 0 bridgehead atoms. The zero-order chi connectivity index (χ0) is 21.4. The van der Waals surface area contributed by atoms with Gasteiger partial charge in [-0.3, -0.25) is 9.69 Å². The number of amides is 3. The molecule has 4 rings (SSSR count). The molecule has 2 aromatic carbocycles. The van der Waals surface area contributed by atoms with Crippen LogP contribution in [0.1, 0.15) is 11.6 Å². The Balaban J connectivity index is 1.59. The van der Waals surface area contributed by atoms with Crippen molar-refractivity contribution in [3.8, 4) is 0 Å². The van der Waals surface area contributed by atoms with Gasteiger partial charge in [0.05, 0.1) is 23.0 Å². The molecule has 0 radical (unpaired) electrons. The topological polar surface area (TPSA) is 87.7 Å². The van der Waals surface area contributed by atoms with Gasteiger partial charge in [-0.05, 0) is 35.9 Å². The fourth-order valence-electron chi connectivity index (χ4n) is 3.31. The molecule has 0 unspecified atom stereocenters. The summed E-state index contributed by atoms with van der Waals surface area (Å²) in [6.45, 7) is -0.578. The zero-order valence-electron chi connectivity index (χ0n) is 15.2. The van der Waals surface area contributed by atoms with E-state index in [2.05, 4.69) is 10.6 Å². The van der Waals surface area contributed by atoms with E-state index < -0.39 is 36.3 Å².